The van der Waals surface area contributed by atoms with E-state index in [1.165, 1.54) is 6.33 Å². The van der Waals surface area contributed by atoms with Gasteiger partial charge in [0, 0.05) is 25.9 Å². The van der Waals surface area contributed by atoms with Gasteiger partial charge in [-0.25, -0.2) is 4.98 Å². The van der Waals surface area contributed by atoms with Gasteiger partial charge in [0.15, 0.2) is 0 Å². The van der Waals surface area contributed by atoms with Crippen molar-refractivity contribution in [2.75, 3.05) is 0 Å². The second-order valence-corrected chi connectivity index (χ2v) is 5.49. The molecule has 2 aromatic rings. The number of aryl methyl sites for hydroxylation is 2. The van der Waals surface area contributed by atoms with Crippen molar-refractivity contribution < 1.29 is 4.79 Å². The Balaban J connectivity index is 1.59. The van der Waals surface area contributed by atoms with E-state index in [1.54, 1.807) is 17.1 Å². The van der Waals surface area contributed by atoms with Crippen molar-refractivity contribution in [2.45, 2.75) is 31.7 Å². The predicted molar refractivity (Wildman–Crippen MR) is 77.2 cm³/mol. The van der Waals surface area contributed by atoms with Gasteiger partial charge in [-0.1, -0.05) is 6.07 Å². The van der Waals surface area contributed by atoms with Crippen LogP contribution in [0, 0.1) is 5.92 Å². The third-order valence-corrected chi connectivity index (χ3v) is 3.80. The molecule has 1 fully saturated rings. The third-order valence-electron chi connectivity index (χ3n) is 3.80. The molecule has 0 spiro atoms. The first-order valence-corrected chi connectivity index (χ1v) is 7.26. The summed E-state index contributed by atoms with van der Waals surface area (Å²) in [5.74, 6) is 1.39. The van der Waals surface area contributed by atoms with Crippen LogP contribution >= 0.6 is 0 Å². The monoisotopic (exact) mass is 285 g/mol. The van der Waals surface area contributed by atoms with E-state index in [0.717, 1.165) is 24.2 Å². The largest absolute Gasteiger partial charge is 0.346 e. The van der Waals surface area contributed by atoms with Gasteiger partial charge in [0.05, 0.1) is 6.04 Å². The quantitative estimate of drug-likeness (QED) is 0.871. The number of nitrogens with zero attached hydrogens (tertiary/aromatic N) is 4. The van der Waals surface area contributed by atoms with Crippen LogP contribution in [-0.2, 0) is 18.3 Å². The van der Waals surface area contributed by atoms with Crippen molar-refractivity contribution in [3.8, 4) is 0 Å². The topological polar surface area (TPSA) is 72.7 Å². The predicted octanol–water partition coefficient (Wildman–Crippen LogP) is 1.41. The fourth-order valence-corrected chi connectivity index (χ4v) is 2.46. The summed E-state index contributed by atoms with van der Waals surface area (Å²) in [6.07, 6.45) is 8.52. The molecule has 0 aromatic carbocycles. The van der Waals surface area contributed by atoms with Crippen LogP contribution in [0.4, 0.5) is 0 Å². The Bertz CT molecular complexity index is 606. The first kappa shape index (κ1) is 13.7. The first-order chi connectivity index (χ1) is 10.2. The van der Waals surface area contributed by atoms with E-state index in [0.29, 0.717) is 18.8 Å². The fraction of sp³-hybridized carbons (Fsp3) is 0.467. The van der Waals surface area contributed by atoms with Gasteiger partial charge in [-0.05, 0) is 36.8 Å². The summed E-state index contributed by atoms with van der Waals surface area (Å²) < 4.78 is 1.74. The number of hydrogen-bond donors (Lipinski definition) is 1. The van der Waals surface area contributed by atoms with E-state index in [4.69, 9.17) is 0 Å². The van der Waals surface area contributed by atoms with Crippen LogP contribution in [0.1, 0.15) is 36.7 Å². The second kappa shape index (κ2) is 6.03. The standard InChI is InChI=1S/C15H19N5O/c1-20-15(17-10-18-20)14(12-5-6-12)19-13(21)7-4-11-3-2-8-16-9-11/h2-3,8-10,12,14H,4-7H2,1H3,(H,19,21). The Hall–Kier alpha value is -2.24. The molecule has 110 valence electrons. The second-order valence-electron chi connectivity index (χ2n) is 5.49. The molecule has 2 heterocycles. The SMILES string of the molecule is Cn1ncnc1C(NC(=O)CCc1cccnc1)C1CC1. The van der Waals surface area contributed by atoms with Gasteiger partial charge in [0.2, 0.25) is 5.91 Å². The molecule has 0 aliphatic heterocycles. The highest BCUT2D eigenvalue weighted by atomic mass is 16.1. The lowest BCUT2D eigenvalue weighted by Crippen LogP contribution is -2.32. The third kappa shape index (κ3) is 3.45. The van der Waals surface area contributed by atoms with E-state index in [9.17, 15) is 4.79 Å². The molecule has 3 rings (SSSR count). The molecule has 1 saturated carbocycles. The van der Waals surface area contributed by atoms with Crippen molar-refractivity contribution in [3.63, 3.8) is 0 Å². The molecule has 0 radical (unpaired) electrons. The van der Waals surface area contributed by atoms with E-state index in [-0.39, 0.29) is 11.9 Å². The maximum Gasteiger partial charge on any atom is 0.220 e. The van der Waals surface area contributed by atoms with Crippen LogP contribution in [0.2, 0.25) is 0 Å². The van der Waals surface area contributed by atoms with Crippen LogP contribution in [0.25, 0.3) is 0 Å². The van der Waals surface area contributed by atoms with Crippen molar-refractivity contribution in [1.82, 2.24) is 25.1 Å². The zero-order valence-electron chi connectivity index (χ0n) is 12.1. The maximum absolute atomic E-state index is 12.2. The fourth-order valence-electron chi connectivity index (χ4n) is 2.46. The average molecular weight is 285 g/mol. The molecule has 1 atom stereocenters. The molecule has 0 bridgehead atoms. The van der Waals surface area contributed by atoms with Crippen molar-refractivity contribution >= 4 is 5.91 Å². The van der Waals surface area contributed by atoms with Crippen molar-refractivity contribution in [3.05, 3.63) is 42.2 Å². The smallest absolute Gasteiger partial charge is 0.220 e. The lowest BCUT2D eigenvalue weighted by atomic mass is 10.1. The highest BCUT2D eigenvalue weighted by Crippen LogP contribution is 2.40. The van der Waals surface area contributed by atoms with Gasteiger partial charge in [0.1, 0.15) is 12.2 Å². The van der Waals surface area contributed by atoms with Crippen LogP contribution in [-0.4, -0.2) is 25.7 Å². The van der Waals surface area contributed by atoms with Crippen LogP contribution in [0.5, 0.6) is 0 Å². The summed E-state index contributed by atoms with van der Waals surface area (Å²) in [4.78, 5) is 20.5. The van der Waals surface area contributed by atoms with Crippen LogP contribution in [0.15, 0.2) is 30.9 Å². The van der Waals surface area contributed by atoms with E-state index in [1.807, 2.05) is 19.2 Å². The Kier molecular flexibility index (Phi) is 3.94. The maximum atomic E-state index is 12.2. The van der Waals surface area contributed by atoms with Gasteiger partial charge in [0.25, 0.3) is 0 Å². The first-order valence-electron chi connectivity index (χ1n) is 7.26. The number of carbonyl (C=O) groups is 1. The minimum atomic E-state index is -0.0149. The summed E-state index contributed by atoms with van der Waals surface area (Å²) in [6.45, 7) is 0. The average Bonchev–Trinajstić information content (AvgIpc) is 3.26. The van der Waals surface area contributed by atoms with Gasteiger partial charge >= 0.3 is 0 Å². The van der Waals surface area contributed by atoms with Gasteiger partial charge < -0.3 is 5.32 Å². The number of aromatic nitrogens is 4. The minimum absolute atomic E-state index is 0.0149. The summed E-state index contributed by atoms with van der Waals surface area (Å²) in [7, 11) is 1.86. The van der Waals surface area contributed by atoms with E-state index >= 15 is 0 Å². The number of amides is 1. The van der Waals surface area contributed by atoms with Crippen LogP contribution < -0.4 is 5.32 Å². The zero-order valence-corrected chi connectivity index (χ0v) is 12.1. The van der Waals surface area contributed by atoms with Crippen molar-refractivity contribution in [2.24, 2.45) is 13.0 Å². The Morgan fingerprint density at radius 1 is 1.52 bits per heavy atom. The molecule has 6 nitrogen and oxygen atoms in total. The lowest BCUT2D eigenvalue weighted by Gasteiger charge is -2.17. The van der Waals surface area contributed by atoms with Gasteiger partial charge in [-0.15, -0.1) is 0 Å². The number of nitrogens with one attached hydrogen (secondary N) is 1. The minimum Gasteiger partial charge on any atom is -0.346 e. The molecule has 1 aliphatic rings. The molecule has 6 heteroatoms. The van der Waals surface area contributed by atoms with E-state index < -0.39 is 0 Å². The molecule has 2 aromatic heterocycles. The molecule has 1 unspecified atom stereocenters. The number of carbonyl (C=O) groups excluding carboxylic acids is 1. The zero-order chi connectivity index (χ0) is 14.7. The van der Waals surface area contributed by atoms with Gasteiger partial charge in [-0.3, -0.25) is 14.5 Å². The highest BCUT2D eigenvalue weighted by molar-refractivity contribution is 5.76. The summed E-state index contributed by atoms with van der Waals surface area (Å²) in [5, 5.41) is 7.20. The molecular formula is C15H19N5O. The van der Waals surface area contributed by atoms with E-state index in [2.05, 4.69) is 20.4 Å². The Morgan fingerprint density at radius 2 is 2.38 bits per heavy atom. The molecule has 1 N–H and O–H groups in total. The molecule has 21 heavy (non-hydrogen) atoms. The normalized spacial score (nSPS) is 15.7. The van der Waals surface area contributed by atoms with Gasteiger partial charge in [-0.2, -0.15) is 5.10 Å². The van der Waals surface area contributed by atoms with Crippen LogP contribution in [0.3, 0.4) is 0 Å². The number of hydrogen-bond acceptors (Lipinski definition) is 4. The molecule has 1 aliphatic carbocycles. The summed E-state index contributed by atoms with van der Waals surface area (Å²) >= 11 is 0. The summed E-state index contributed by atoms with van der Waals surface area (Å²) in [6, 6.07) is 3.86. The molecule has 0 saturated heterocycles. The molecular weight excluding hydrogens is 266 g/mol. The number of rotatable bonds is 6. The van der Waals surface area contributed by atoms with Crippen molar-refractivity contribution in [1.29, 1.82) is 0 Å². The molecule has 1 amide bonds. The highest BCUT2D eigenvalue weighted by Gasteiger charge is 2.35. The lowest BCUT2D eigenvalue weighted by molar-refractivity contribution is -0.122. The number of pyridine rings is 1. The summed E-state index contributed by atoms with van der Waals surface area (Å²) in [5.41, 5.74) is 1.08. The Morgan fingerprint density at radius 3 is 3.00 bits per heavy atom. The Labute approximate surface area is 123 Å².